The van der Waals surface area contributed by atoms with Gasteiger partial charge in [-0.1, -0.05) is 13.3 Å². The Morgan fingerprint density at radius 1 is 1.17 bits per heavy atom. The fraction of sp³-hybridized carbons (Fsp3) is 0.560. The number of aromatic nitrogens is 1. The van der Waals surface area contributed by atoms with Crippen molar-refractivity contribution >= 4 is 5.69 Å². The third kappa shape index (κ3) is 4.94. The lowest BCUT2D eigenvalue weighted by Crippen LogP contribution is -2.47. The van der Waals surface area contributed by atoms with Crippen LogP contribution in [0.25, 0.3) is 0 Å². The number of pyridine rings is 1. The Labute approximate surface area is 179 Å². The molecule has 1 aliphatic heterocycles. The zero-order chi connectivity index (χ0) is 21.8. The highest BCUT2D eigenvalue weighted by atomic mass is 19.1. The fourth-order valence-electron chi connectivity index (χ4n) is 4.88. The van der Waals surface area contributed by atoms with Crippen LogP contribution >= 0.6 is 0 Å². The molecule has 30 heavy (non-hydrogen) atoms. The van der Waals surface area contributed by atoms with Crippen LogP contribution in [0.1, 0.15) is 68.0 Å². The number of anilines is 1. The van der Waals surface area contributed by atoms with E-state index in [2.05, 4.69) is 49.0 Å². The summed E-state index contributed by atoms with van der Waals surface area (Å²) in [6.45, 7) is 12.3. The summed E-state index contributed by atoms with van der Waals surface area (Å²) in [4.78, 5) is 18.0. The number of H-pyrrole nitrogens is 1. The van der Waals surface area contributed by atoms with Gasteiger partial charge in [-0.15, -0.1) is 0 Å². The largest absolute Gasteiger partial charge is 0.368 e. The van der Waals surface area contributed by atoms with Crippen molar-refractivity contribution in [3.8, 4) is 0 Å². The van der Waals surface area contributed by atoms with Gasteiger partial charge in [-0.05, 0) is 88.4 Å². The average Bonchev–Trinajstić information content (AvgIpc) is 2.68. The molecule has 0 aliphatic carbocycles. The van der Waals surface area contributed by atoms with Crippen LogP contribution in [0.5, 0.6) is 0 Å². The van der Waals surface area contributed by atoms with Gasteiger partial charge in [0.25, 0.3) is 5.56 Å². The summed E-state index contributed by atoms with van der Waals surface area (Å²) in [5, 5.41) is 3.50. The number of piperidine rings is 1. The maximum atomic E-state index is 14.7. The lowest BCUT2D eigenvalue weighted by molar-refractivity contribution is 0.365. The lowest BCUT2D eigenvalue weighted by Gasteiger charge is -2.39. The maximum absolute atomic E-state index is 14.7. The quantitative estimate of drug-likeness (QED) is 0.695. The molecule has 4 nitrogen and oxygen atoms in total. The summed E-state index contributed by atoms with van der Waals surface area (Å²) in [6, 6.07) is 6.20. The predicted molar refractivity (Wildman–Crippen MR) is 123 cm³/mol. The second-order valence-electron chi connectivity index (χ2n) is 8.74. The van der Waals surface area contributed by atoms with E-state index in [0.29, 0.717) is 18.5 Å². The van der Waals surface area contributed by atoms with Crippen molar-refractivity contribution in [2.75, 3.05) is 18.0 Å². The molecule has 0 saturated carbocycles. The summed E-state index contributed by atoms with van der Waals surface area (Å²) < 4.78 is 14.7. The molecule has 1 aliphatic rings. The van der Waals surface area contributed by atoms with E-state index in [9.17, 15) is 9.18 Å². The van der Waals surface area contributed by atoms with Crippen LogP contribution in [-0.2, 0) is 12.8 Å². The van der Waals surface area contributed by atoms with Gasteiger partial charge in [0.05, 0.1) is 0 Å². The Hall–Kier alpha value is -2.14. The number of nitrogens with one attached hydrogen (secondary N) is 2. The van der Waals surface area contributed by atoms with Crippen molar-refractivity contribution < 1.29 is 4.39 Å². The number of benzene rings is 1. The number of rotatable bonds is 7. The molecule has 2 atom stereocenters. The SMILES string of the molecule is CCCc1cc(C)[nH]c(=O)c1Cc1cc(F)cc(N(CC)C2CCNC(C)C2)c1C. The molecule has 2 unspecified atom stereocenters. The van der Waals surface area contributed by atoms with Gasteiger partial charge < -0.3 is 15.2 Å². The summed E-state index contributed by atoms with van der Waals surface area (Å²) in [5.74, 6) is -0.230. The van der Waals surface area contributed by atoms with Gasteiger partial charge in [0, 0.05) is 42.0 Å². The second kappa shape index (κ2) is 9.78. The topological polar surface area (TPSA) is 48.1 Å². The van der Waals surface area contributed by atoms with Gasteiger partial charge in [0.15, 0.2) is 0 Å². The Balaban J connectivity index is 2.00. The first kappa shape index (κ1) is 22.5. The van der Waals surface area contributed by atoms with Crippen molar-refractivity contribution in [3.05, 3.63) is 62.3 Å². The van der Waals surface area contributed by atoms with Gasteiger partial charge in [-0.25, -0.2) is 4.39 Å². The number of nitrogens with zero attached hydrogens (tertiary/aromatic N) is 1. The normalized spacial score (nSPS) is 19.1. The minimum Gasteiger partial charge on any atom is -0.368 e. The minimum atomic E-state index is -0.230. The van der Waals surface area contributed by atoms with E-state index in [0.717, 1.165) is 72.4 Å². The first-order valence-electron chi connectivity index (χ1n) is 11.3. The van der Waals surface area contributed by atoms with Gasteiger partial charge in [-0.3, -0.25) is 4.79 Å². The average molecular weight is 414 g/mol. The third-order valence-corrected chi connectivity index (χ3v) is 6.39. The van der Waals surface area contributed by atoms with Crippen molar-refractivity contribution in [3.63, 3.8) is 0 Å². The molecule has 0 amide bonds. The predicted octanol–water partition coefficient (Wildman–Crippen LogP) is 4.64. The zero-order valence-corrected chi connectivity index (χ0v) is 19.1. The second-order valence-corrected chi connectivity index (χ2v) is 8.74. The van der Waals surface area contributed by atoms with E-state index >= 15 is 0 Å². The Bertz CT molecular complexity index is 937. The van der Waals surface area contributed by atoms with Crippen molar-refractivity contribution in [2.45, 2.75) is 78.8 Å². The van der Waals surface area contributed by atoms with Crippen LogP contribution in [0.4, 0.5) is 10.1 Å². The van der Waals surface area contributed by atoms with Crippen molar-refractivity contribution in [1.29, 1.82) is 0 Å². The number of hydrogen-bond donors (Lipinski definition) is 2. The zero-order valence-electron chi connectivity index (χ0n) is 19.1. The number of aryl methyl sites for hydroxylation is 2. The molecule has 3 rings (SSSR count). The van der Waals surface area contributed by atoms with Gasteiger partial charge in [-0.2, -0.15) is 0 Å². The van der Waals surface area contributed by atoms with Crippen molar-refractivity contribution in [1.82, 2.24) is 10.3 Å². The highest BCUT2D eigenvalue weighted by Crippen LogP contribution is 2.31. The number of halogens is 1. The van der Waals surface area contributed by atoms with Crippen LogP contribution in [0.2, 0.25) is 0 Å². The number of hydrogen-bond acceptors (Lipinski definition) is 3. The monoisotopic (exact) mass is 413 g/mol. The number of aromatic amines is 1. The van der Waals surface area contributed by atoms with Gasteiger partial charge in [0.1, 0.15) is 5.82 Å². The third-order valence-electron chi connectivity index (χ3n) is 6.39. The molecule has 0 spiro atoms. The molecule has 164 valence electrons. The van der Waals surface area contributed by atoms with E-state index < -0.39 is 0 Å². The minimum absolute atomic E-state index is 0.0526. The standard InChI is InChI=1S/C25H36FN3O/c1-6-8-19-11-17(4)28-25(30)23(19)14-20-13-21(26)15-24(18(20)5)29(7-2)22-9-10-27-16(3)12-22/h11,13,15-16,22,27H,6-10,12,14H2,1-5H3,(H,28,30). The molecule has 0 radical (unpaired) electrons. The molecular weight excluding hydrogens is 377 g/mol. The molecule has 0 bridgehead atoms. The van der Waals surface area contributed by atoms with Crippen LogP contribution in [0.3, 0.4) is 0 Å². The Kier molecular flexibility index (Phi) is 7.35. The van der Waals surface area contributed by atoms with E-state index in [1.54, 1.807) is 12.1 Å². The lowest BCUT2D eigenvalue weighted by atomic mass is 9.93. The highest BCUT2D eigenvalue weighted by molar-refractivity contribution is 5.58. The molecular formula is C25H36FN3O. The van der Waals surface area contributed by atoms with Crippen LogP contribution in [0, 0.1) is 19.7 Å². The van der Waals surface area contributed by atoms with Crippen LogP contribution in [-0.4, -0.2) is 30.2 Å². The summed E-state index contributed by atoms with van der Waals surface area (Å²) >= 11 is 0. The van der Waals surface area contributed by atoms with Crippen molar-refractivity contribution in [2.24, 2.45) is 0 Å². The first-order chi connectivity index (χ1) is 14.3. The molecule has 1 aromatic heterocycles. The Morgan fingerprint density at radius 3 is 2.60 bits per heavy atom. The van der Waals surface area contributed by atoms with Crippen LogP contribution in [0.15, 0.2) is 23.0 Å². The highest BCUT2D eigenvalue weighted by Gasteiger charge is 2.26. The van der Waals surface area contributed by atoms with E-state index in [1.165, 1.54) is 0 Å². The molecule has 1 saturated heterocycles. The smallest absolute Gasteiger partial charge is 0.251 e. The molecule has 1 aromatic carbocycles. The summed E-state index contributed by atoms with van der Waals surface area (Å²) in [7, 11) is 0. The Morgan fingerprint density at radius 2 is 1.93 bits per heavy atom. The molecule has 1 fully saturated rings. The van der Waals surface area contributed by atoms with Crippen LogP contribution < -0.4 is 15.8 Å². The van der Waals surface area contributed by atoms with Gasteiger partial charge >= 0.3 is 0 Å². The van der Waals surface area contributed by atoms with Gasteiger partial charge in [0.2, 0.25) is 0 Å². The maximum Gasteiger partial charge on any atom is 0.251 e. The first-order valence-corrected chi connectivity index (χ1v) is 11.3. The molecule has 2 N–H and O–H groups in total. The summed E-state index contributed by atoms with van der Waals surface area (Å²) in [6.07, 6.45) is 4.40. The summed E-state index contributed by atoms with van der Waals surface area (Å²) in [5.41, 5.74) is 5.60. The van der Waals surface area contributed by atoms with E-state index in [1.807, 2.05) is 6.92 Å². The molecule has 2 heterocycles. The van der Waals surface area contributed by atoms with E-state index in [-0.39, 0.29) is 11.4 Å². The molecule has 5 heteroatoms. The molecule has 2 aromatic rings. The van der Waals surface area contributed by atoms with E-state index in [4.69, 9.17) is 0 Å². The fourth-order valence-corrected chi connectivity index (χ4v) is 4.88.